The van der Waals surface area contributed by atoms with E-state index in [2.05, 4.69) is 38.6 Å². The first kappa shape index (κ1) is 15.8. The largest absolute Gasteiger partial charge is 0.258 e. The molecule has 0 spiro atoms. The van der Waals surface area contributed by atoms with Crippen LogP contribution in [0.5, 0.6) is 0 Å². The lowest BCUT2D eigenvalue weighted by Crippen LogP contribution is -1.96. The van der Waals surface area contributed by atoms with Crippen molar-refractivity contribution in [1.82, 2.24) is 4.98 Å². The average Bonchev–Trinajstić information content (AvgIpc) is 3.08. The normalized spacial score (nSPS) is 12.2. The van der Waals surface area contributed by atoms with E-state index in [1.54, 1.807) is 6.21 Å². The number of nitrogens with zero attached hydrogens (tertiary/aromatic N) is 3. The first-order valence-corrected chi connectivity index (χ1v) is 8.93. The van der Waals surface area contributed by atoms with Crippen LogP contribution >= 0.6 is 33.9 Å². The van der Waals surface area contributed by atoms with Crippen molar-refractivity contribution < 1.29 is 0 Å². The predicted molar refractivity (Wildman–Crippen MR) is 103 cm³/mol. The van der Waals surface area contributed by atoms with E-state index in [9.17, 15) is 5.26 Å². The topological polar surface area (TPSA) is 49.0 Å². The summed E-state index contributed by atoms with van der Waals surface area (Å²) in [4.78, 5) is 9.04. The predicted octanol–water partition coefficient (Wildman–Crippen LogP) is 5.42. The Morgan fingerprint density at radius 1 is 1.13 bits per heavy atom. The van der Waals surface area contributed by atoms with Crippen molar-refractivity contribution in [2.75, 3.05) is 0 Å². The molecule has 0 saturated heterocycles. The minimum atomic E-state index is -0.437. The lowest BCUT2D eigenvalue weighted by atomic mass is 10.1. The van der Waals surface area contributed by atoms with Crippen molar-refractivity contribution in [2.45, 2.75) is 5.92 Å². The number of benzene rings is 2. The van der Waals surface area contributed by atoms with Gasteiger partial charge in [0.15, 0.2) is 0 Å². The maximum Gasteiger partial charge on any atom is 0.133 e. The molecule has 0 N–H and O–H groups in total. The first-order valence-electron chi connectivity index (χ1n) is 6.97. The number of para-hydroxylation sites is 1. The van der Waals surface area contributed by atoms with Gasteiger partial charge < -0.3 is 0 Å². The van der Waals surface area contributed by atoms with Gasteiger partial charge in [-0.3, -0.25) is 4.99 Å². The van der Waals surface area contributed by atoms with Gasteiger partial charge in [-0.1, -0.05) is 42.5 Å². The highest BCUT2D eigenvalue weighted by Gasteiger charge is 2.13. The molecule has 3 nitrogen and oxygen atoms in total. The van der Waals surface area contributed by atoms with Crippen LogP contribution in [0, 0.1) is 14.9 Å². The molecule has 5 heteroatoms. The molecule has 0 aliphatic rings. The van der Waals surface area contributed by atoms with Crippen LogP contribution in [0.1, 0.15) is 10.9 Å². The molecular formula is C18H12IN3S. The van der Waals surface area contributed by atoms with Gasteiger partial charge in [-0.25, -0.2) is 4.98 Å². The van der Waals surface area contributed by atoms with E-state index in [4.69, 9.17) is 0 Å². The fourth-order valence-corrected chi connectivity index (χ4v) is 3.39. The van der Waals surface area contributed by atoms with Crippen LogP contribution in [0.3, 0.4) is 0 Å². The van der Waals surface area contributed by atoms with E-state index in [1.165, 1.54) is 11.3 Å². The smallest absolute Gasteiger partial charge is 0.133 e. The number of hydrogen-bond donors (Lipinski definition) is 0. The molecule has 112 valence electrons. The van der Waals surface area contributed by atoms with Gasteiger partial charge in [0, 0.05) is 20.7 Å². The number of thiazole rings is 1. The van der Waals surface area contributed by atoms with Crippen molar-refractivity contribution >= 4 is 45.8 Å². The van der Waals surface area contributed by atoms with Gasteiger partial charge in [0.05, 0.1) is 17.5 Å². The van der Waals surface area contributed by atoms with Gasteiger partial charge in [-0.2, -0.15) is 5.26 Å². The SMILES string of the molecule is N#CC(C=Nc1ccccc1I)c1nc(-c2ccccc2)cs1. The van der Waals surface area contributed by atoms with Crippen LogP contribution in [0.15, 0.2) is 65.0 Å². The van der Waals surface area contributed by atoms with Crippen LogP contribution < -0.4 is 0 Å². The molecule has 3 rings (SSSR count). The number of halogens is 1. The number of aliphatic imine (C=N–C) groups is 1. The molecule has 1 unspecified atom stereocenters. The molecule has 3 aromatic rings. The maximum absolute atomic E-state index is 9.43. The Bertz CT molecular complexity index is 865. The lowest BCUT2D eigenvalue weighted by Gasteiger charge is -2.00. The summed E-state index contributed by atoms with van der Waals surface area (Å²) in [5, 5.41) is 12.2. The molecule has 0 bridgehead atoms. The highest BCUT2D eigenvalue weighted by Crippen LogP contribution is 2.27. The van der Waals surface area contributed by atoms with Crippen molar-refractivity contribution in [2.24, 2.45) is 4.99 Å². The molecule has 0 fully saturated rings. The average molecular weight is 429 g/mol. The minimum absolute atomic E-state index is 0.437. The summed E-state index contributed by atoms with van der Waals surface area (Å²) in [6.45, 7) is 0. The number of nitriles is 1. The summed E-state index contributed by atoms with van der Waals surface area (Å²) < 4.78 is 1.06. The summed E-state index contributed by atoms with van der Waals surface area (Å²) in [5.74, 6) is -0.437. The Morgan fingerprint density at radius 3 is 2.61 bits per heavy atom. The molecule has 0 aliphatic heterocycles. The molecule has 23 heavy (non-hydrogen) atoms. The third kappa shape index (κ3) is 3.84. The molecular weight excluding hydrogens is 417 g/mol. The highest BCUT2D eigenvalue weighted by atomic mass is 127. The maximum atomic E-state index is 9.43. The van der Waals surface area contributed by atoms with Crippen LogP contribution in [-0.2, 0) is 0 Å². The number of hydrogen-bond acceptors (Lipinski definition) is 4. The Morgan fingerprint density at radius 2 is 1.87 bits per heavy atom. The zero-order chi connectivity index (χ0) is 16.1. The second kappa shape index (κ2) is 7.49. The quantitative estimate of drug-likeness (QED) is 0.411. The summed E-state index contributed by atoms with van der Waals surface area (Å²) in [7, 11) is 0. The summed E-state index contributed by atoms with van der Waals surface area (Å²) in [6.07, 6.45) is 1.67. The molecule has 1 heterocycles. The zero-order valence-electron chi connectivity index (χ0n) is 12.1. The van der Waals surface area contributed by atoms with E-state index in [0.717, 1.165) is 25.5 Å². The van der Waals surface area contributed by atoms with E-state index in [1.807, 2.05) is 60.0 Å². The first-order chi connectivity index (χ1) is 11.3. The van der Waals surface area contributed by atoms with Crippen LogP contribution in [0.4, 0.5) is 5.69 Å². The molecule has 0 saturated carbocycles. The van der Waals surface area contributed by atoms with Crippen molar-refractivity contribution in [1.29, 1.82) is 5.26 Å². The molecule has 1 atom stereocenters. The summed E-state index contributed by atoms with van der Waals surface area (Å²) >= 11 is 3.73. The van der Waals surface area contributed by atoms with Gasteiger partial charge >= 0.3 is 0 Å². The Hall–Kier alpha value is -2.04. The third-order valence-electron chi connectivity index (χ3n) is 3.21. The second-order valence-corrected chi connectivity index (χ2v) is 6.83. The van der Waals surface area contributed by atoms with Crippen LogP contribution in [-0.4, -0.2) is 11.2 Å². The zero-order valence-corrected chi connectivity index (χ0v) is 15.0. The van der Waals surface area contributed by atoms with Crippen LogP contribution in [0.2, 0.25) is 0 Å². The monoisotopic (exact) mass is 429 g/mol. The van der Waals surface area contributed by atoms with Gasteiger partial charge in [0.2, 0.25) is 0 Å². The standard InChI is InChI=1S/C18H12IN3S/c19-15-8-4-5-9-16(15)21-11-14(10-20)18-22-17(12-23-18)13-6-2-1-3-7-13/h1-9,11-12,14H. The summed E-state index contributed by atoms with van der Waals surface area (Å²) in [5.41, 5.74) is 2.82. The van der Waals surface area contributed by atoms with Crippen molar-refractivity contribution in [3.8, 4) is 17.3 Å². The number of aromatic nitrogens is 1. The lowest BCUT2D eigenvalue weighted by molar-refractivity contribution is 1.12. The van der Waals surface area contributed by atoms with Gasteiger partial charge in [0.1, 0.15) is 10.9 Å². The highest BCUT2D eigenvalue weighted by molar-refractivity contribution is 14.1. The van der Waals surface area contributed by atoms with Gasteiger partial charge in [-0.15, -0.1) is 11.3 Å². The van der Waals surface area contributed by atoms with Crippen molar-refractivity contribution in [3.05, 3.63) is 68.6 Å². The Labute approximate surface area is 152 Å². The summed E-state index contributed by atoms with van der Waals surface area (Å²) in [6, 6.07) is 20.1. The molecule has 0 radical (unpaired) electrons. The van der Waals surface area contributed by atoms with Crippen LogP contribution in [0.25, 0.3) is 11.3 Å². The molecule has 1 aromatic heterocycles. The van der Waals surface area contributed by atoms with Gasteiger partial charge in [0.25, 0.3) is 0 Å². The fourth-order valence-electron chi connectivity index (χ4n) is 2.04. The van der Waals surface area contributed by atoms with Gasteiger partial charge in [-0.05, 0) is 34.7 Å². The molecule has 0 amide bonds. The fraction of sp³-hybridized carbons (Fsp3) is 0.0556. The van der Waals surface area contributed by atoms with Crippen molar-refractivity contribution in [3.63, 3.8) is 0 Å². The Balaban J connectivity index is 1.84. The van der Waals surface area contributed by atoms with E-state index >= 15 is 0 Å². The second-order valence-electron chi connectivity index (χ2n) is 4.77. The molecule has 2 aromatic carbocycles. The molecule has 0 aliphatic carbocycles. The van der Waals surface area contributed by atoms with E-state index in [0.29, 0.717) is 0 Å². The number of rotatable bonds is 4. The van der Waals surface area contributed by atoms with E-state index in [-0.39, 0.29) is 0 Å². The third-order valence-corrected chi connectivity index (χ3v) is 5.05. The minimum Gasteiger partial charge on any atom is -0.258 e. The van der Waals surface area contributed by atoms with E-state index < -0.39 is 5.92 Å². The Kier molecular flexibility index (Phi) is 5.16.